The van der Waals surface area contributed by atoms with Crippen LogP contribution in [0, 0.1) is 0 Å². The lowest BCUT2D eigenvalue weighted by Gasteiger charge is -2.06. The highest BCUT2D eigenvalue weighted by molar-refractivity contribution is 7.84. The fourth-order valence-corrected chi connectivity index (χ4v) is 2.23. The number of rotatable bonds is 8. The normalized spacial score (nSPS) is 12.1. The number of hydrogen-bond acceptors (Lipinski definition) is 4. The summed E-state index contributed by atoms with van der Waals surface area (Å²) in [7, 11) is 0.792. The van der Waals surface area contributed by atoms with Gasteiger partial charge in [0.25, 0.3) is 0 Å². The highest BCUT2D eigenvalue weighted by Crippen LogP contribution is 2.16. The Morgan fingerprint density at radius 3 is 2.41 bits per heavy atom. The maximum atomic E-state index is 11.4. The molecule has 0 amide bonds. The molecule has 0 spiro atoms. The Hall–Kier alpha value is -1.07. The quantitative estimate of drug-likeness (QED) is 0.759. The van der Waals surface area contributed by atoms with Gasteiger partial charge in [-0.15, -0.1) is 0 Å². The van der Waals surface area contributed by atoms with E-state index in [0.717, 1.165) is 17.9 Å². The Bertz CT molecular complexity index is 340. The molecule has 0 aliphatic carbocycles. The van der Waals surface area contributed by atoms with Crippen LogP contribution in [0.2, 0.25) is 0 Å². The van der Waals surface area contributed by atoms with Crippen LogP contribution in [0.5, 0.6) is 11.5 Å². The van der Waals surface area contributed by atoms with E-state index in [1.807, 2.05) is 24.3 Å². The van der Waals surface area contributed by atoms with Crippen molar-refractivity contribution in [3.63, 3.8) is 0 Å². The minimum absolute atomic E-state index is 0.462. The van der Waals surface area contributed by atoms with Crippen molar-refractivity contribution in [2.75, 3.05) is 31.8 Å². The van der Waals surface area contributed by atoms with Gasteiger partial charge in [-0.05, 0) is 37.2 Å². The number of benzene rings is 1. The smallest absolute Gasteiger partial charge is 0.119 e. The lowest BCUT2D eigenvalue weighted by molar-refractivity contribution is 0.341. The molecule has 1 aromatic rings. The van der Waals surface area contributed by atoms with Gasteiger partial charge in [0.2, 0.25) is 0 Å². The summed E-state index contributed by atoms with van der Waals surface area (Å²) in [6, 6.07) is 7.34. The summed E-state index contributed by atoms with van der Waals surface area (Å²) >= 11 is 0. The average Bonchev–Trinajstić information content (AvgIpc) is 2.37. The lowest BCUT2D eigenvalue weighted by Crippen LogP contribution is -2.13. The van der Waals surface area contributed by atoms with Crippen molar-refractivity contribution < 1.29 is 13.7 Å². The molecule has 1 atom stereocenters. The summed E-state index contributed by atoms with van der Waals surface area (Å²) in [6.45, 7) is 1.05. The zero-order valence-electron chi connectivity index (χ0n) is 10.1. The van der Waals surface area contributed by atoms with Crippen LogP contribution in [0.4, 0.5) is 0 Å². The van der Waals surface area contributed by atoms with Crippen LogP contribution in [-0.4, -0.2) is 36.0 Å². The molecule has 0 fully saturated rings. The highest BCUT2D eigenvalue weighted by atomic mass is 32.2. The van der Waals surface area contributed by atoms with Crippen molar-refractivity contribution in [2.45, 2.75) is 6.42 Å². The molecule has 1 unspecified atom stereocenters. The predicted molar refractivity (Wildman–Crippen MR) is 70.0 cm³/mol. The molecule has 4 nitrogen and oxygen atoms in total. The van der Waals surface area contributed by atoms with Crippen molar-refractivity contribution in [3.8, 4) is 11.5 Å². The van der Waals surface area contributed by atoms with Crippen LogP contribution < -0.4 is 15.2 Å². The van der Waals surface area contributed by atoms with E-state index < -0.39 is 10.8 Å². The second kappa shape index (κ2) is 8.08. The number of nitrogens with two attached hydrogens (primary N) is 1. The monoisotopic (exact) mass is 257 g/mol. The summed E-state index contributed by atoms with van der Waals surface area (Å²) in [5.41, 5.74) is 5.35. The van der Waals surface area contributed by atoms with Crippen LogP contribution in [0.1, 0.15) is 6.42 Å². The standard InChI is InChI=1S/C12H19NO3S/c1-15-11-3-5-12(6-4-11)16-8-10-17(14)9-2-7-13/h3-6H,2,7-10,13H2,1H3. The van der Waals surface area contributed by atoms with Gasteiger partial charge in [-0.3, -0.25) is 4.21 Å². The predicted octanol–water partition coefficient (Wildman–Crippen LogP) is 1.17. The van der Waals surface area contributed by atoms with E-state index >= 15 is 0 Å². The van der Waals surface area contributed by atoms with E-state index in [0.29, 0.717) is 24.7 Å². The average molecular weight is 257 g/mol. The van der Waals surface area contributed by atoms with Gasteiger partial charge in [0, 0.05) is 16.6 Å². The summed E-state index contributed by atoms with van der Waals surface area (Å²) in [6.07, 6.45) is 0.801. The van der Waals surface area contributed by atoms with E-state index in [4.69, 9.17) is 15.2 Å². The largest absolute Gasteiger partial charge is 0.497 e. The molecular formula is C12H19NO3S. The van der Waals surface area contributed by atoms with Crippen molar-refractivity contribution >= 4 is 10.8 Å². The molecular weight excluding hydrogens is 238 g/mol. The third kappa shape index (κ3) is 5.70. The van der Waals surface area contributed by atoms with E-state index in [1.54, 1.807) is 7.11 Å². The molecule has 0 aromatic heterocycles. The molecule has 1 rings (SSSR count). The summed E-state index contributed by atoms with van der Waals surface area (Å²) in [4.78, 5) is 0. The molecule has 0 saturated heterocycles. The Labute approximate surface area is 105 Å². The van der Waals surface area contributed by atoms with E-state index in [1.165, 1.54) is 0 Å². The molecule has 5 heteroatoms. The third-order valence-corrected chi connectivity index (χ3v) is 3.58. The maximum absolute atomic E-state index is 11.4. The molecule has 1 aromatic carbocycles. The molecule has 0 heterocycles. The zero-order valence-corrected chi connectivity index (χ0v) is 10.9. The maximum Gasteiger partial charge on any atom is 0.119 e. The Morgan fingerprint density at radius 1 is 1.18 bits per heavy atom. The molecule has 96 valence electrons. The second-order valence-electron chi connectivity index (χ2n) is 3.51. The second-order valence-corrected chi connectivity index (χ2v) is 5.21. The Balaban J connectivity index is 2.23. The van der Waals surface area contributed by atoms with Gasteiger partial charge in [0.05, 0.1) is 19.5 Å². The van der Waals surface area contributed by atoms with Crippen LogP contribution in [-0.2, 0) is 10.8 Å². The summed E-state index contributed by atoms with van der Waals surface area (Å²) in [5.74, 6) is 2.76. The van der Waals surface area contributed by atoms with Gasteiger partial charge >= 0.3 is 0 Å². The number of ether oxygens (including phenoxy) is 2. The van der Waals surface area contributed by atoms with Crippen molar-refractivity contribution in [1.29, 1.82) is 0 Å². The number of methoxy groups -OCH3 is 1. The van der Waals surface area contributed by atoms with Crippen LogP contribution in [0.25, 0.3) is 0 Å². The Morgan fingerprint density at radius 2 is 1.82 bits per heavy atom. The van der Waals surface area contributed by atoms with Gasteiger partial charge < -0.3 is 15.2 Å². The van der Waals surface area contributed by atoms with Crippen molar-refractivity contribution in [2.24, 2.45) is 5.73 Å². The Kier molecular flexibility index (Phi) is 6.65. The van der Waals surface area contributed by atoms with Crippen LogP contribution >= 0.6 is 0 Å². The van der Waals surface area contributed by atoms with Crippen molar-refractivity contribution in [1.82, 2.24) is 0 Å². The van der Waals surface area contributed by atoms with Gasteiger partial charge in [0.1, 0.15) is 11.5 Å². The molecule has 2 N–H and O–H groups in total. The number of hydrogen-bond donors (Lipinski definition) is 1. The van der Waals surface area contributed by atoms with Crippen molar-refractivity contribution in [3.05, 3.63) is 24.3 Å². The molecule has 0 radical (unpaired) electrons. The first-order valence-corrected chi connectivity index (χ1v) is 7.07. The fourth-order valence-electron chi connectivity index (χ4n) is 1.27. The third-order valence-electron chi connectivity index (χ3n) is 2.22. The summed E-state index contributed by atoms with van der Waals surface area (Å²) < 4.78 is 22.0. The van der Waals surface area contributed by atoms with Crippen LogP contribution in [0.15, 0.2) is 24.3 Å². The topological polar surface area (TPSA) is 61.5 Å². The molecule has 17 heavy (non-hydrogen) atoms. The van der Waals surface area contributed by atoms with E-state index in [2.05, 4.69) is 0 Å². The first kappa shape index (κ1) is 14.0. The lowest BCUT2D eigenvalue weighted by atomic mass is 10.3. The van der Waals surface area contributed by atoms with Gasteiger partial charge in [-0.2, -0.15) is 0 Å². The van der Waals surface area contributed by atoms with Gasteiger partial charge in [-0.1, -0.05) is 0 Å². The van der Waals surface area contributed by atoms with E-state index in [9.17, 15) is 4.21 Å². The highest BCUT2D eigenvalue weighted by Gasteiger charge is 2.00. The first-order chi connectivity index (χ1) is 8.26. The molecule has 0 aliphatic rings. The summed E-state index contributed by atoms with van der Waals surface area (Å²) in [5, 5.41) is 0. The van der Waals surface area contributed by atoms with Gasteiger partial charge in [0.15, 0.2) is 0 Å². The zero-order chi connectivity index (χ0) is 12.5. The first-order valence-electron chi connectivity index (χ1n) is 5.58. The molecule has 0 aliphatic heterocycles. The SMILES string of the molecule is COc1ccc(OCCS(=O)CCCN)cc1. The molecule has 0 bridgehead atoms. The minimum atomic E-state index is -0.829. The van der Waals surface area contributed by atoms with Crippen LogP contribution in [0.3, 0.4) is 0 Å². The minimum Gasteiger partial charge on any atom is -0.497 e. The fraction of sp³-hybridized carbons (Fsp3) is 0.500. The molecule has 0 saturated carbocycles. The van der Waals surface area contributed by atoms with Gasteiger partial charge in [-0.25, -0.2) is 0 Å². The van der Waals surface area contributed by atoms with E-state index in [-0.39, 0.29) is 0 Å².